The third-order valence-corrected chi connectivity index (χ3v) is 4.58. The number of nitrogens with zero attached hydrogens (tertiary/aromatic N) is 1. The summed E-state index contributed by atoms with van der Waals surface area (Å²) in [7, 11) is 0. The predicted molar refractivity (Wildman–Crippen MR) is 73.8 cm³/mol. The normalized spacial score (nSPS) is 29.3. The Labute approximate surface area is 113 Å². The summed E-state index contributed by atoms with van der Waals surface area (Å²) >= 11 is 0. The van der Waals surface area contributed by atoms with Gasteiger partial charge in [-0.2, -0.15) is 0 Å². The Hall–Kier alpha value is -1.42. The molecule has 4 rings (SSSR count). The zero-order valence-corrected chi connectivity index (χ0v) is 11.1. The second-order valence-corrected chi connectivity index (χ2v) is 5.71. The summed E-state index contributed by atoms with van der Waals surface area (Å²) in [5.74, 6) is 1.72. The molecule has 1 N–H and O–H groups in total. The number of hydrogen-bond donors (Lipinski definition) is 1. The lowest BCUT2D eigenvalue weighted by atomic mass is 9.99. The molecular formula is C15H20N2O2. The Balaban J connectivity index is 1.49. The molecule has 3 aliphatic heterocycles. The molecule has 2 saturated heterocycles. The molecule has 4 nitrogen and oxygen atoms in total. The maximum atomic E-state index is 5.44. The minimum Gasteiger partial charge on any atom is -0.454 e. The Bertz CT molecular complexity index is 477. The first kappa shape index (κ1) is 11.4. The van der Waals surface area contributed by atoms with Crippen molar-refractivity contribution in [2.24, 2.45) is 0 Å². The number of ether oxygens (including phenoxy) is 2. The monoisotopic (exact) mass is 260 g/mol. The molecule has 19 heavy (non-hydrogen) atoms. The van der Waals surface area contributed by atoms with E-state index in [1.165, 1.54) is 38.8 Å². The lowest BCUT2D eigenvalue weighted by Gasteiger charge is -2.33. The van der Waals surface area contributed by atoms with Crippen LogP contribution in [0.2, 0.25) is 0 Å². The largest absolute Gasteiger partial charge is 0.454 e. The second kappa shape index (κ2) is 4.60. The van der Waals surface area contributed by atoms with Gasteiger partial charge >= 0.3 is 0 Å². The van der Waals surface area contributed by atoms with Crippen LogP contribution in [0.25, 0.3) is 0 Å². The lowest BCUT2D eigenvalue weighted by molar-refractivity contribution is 0.174. The van der Waals surface area contributed by atoms with Gasteiger partial charge in [-0.25, -0.2) is 0 Å². The van der Waals surface area contributed by atoms with Crippen LogP contribution in [-0.4, -0.2) is 36.9 Å². The fraction of sp³-hybridized carbons (Fsp3) is 0.600. The molecule has 1 aromatic rings. The van der Waals surface area contributed by atoms with Crippen LogP contribution in [0.4, 0.5) is 5.69 Å². The second-order valence-electron chi connectivity index (χ2n) is 5.71. The molecule has 0 radical (unpaired) electrons. The van der Waals surface area contributed by atoms with Gasteiger partial charge in [-0.15, -0.1) is 0 Å². The van der Waals surface area contributed by atoms with E-state index in [0.29, 0.717) is 12.8 Å². The number of benzene rings is 1. The molecule has 0 amide bonds. The standard InChI is InChI=1S/C15H20N2O2/c1-2-7-17-8-6-12(13(17)3-1)16-11-4-5-14-15(9-11)19-10-18-14/h4-5,9,12-13,16H,1-3,6-8,10H2. The van der Waals surface area contributed by atoms with E-state index >= 15 is 0 Å². The van der Waals surface area contributed by atoms with E-state index in [0.717, 1.165) is 23.2 Å². The van der Waals surface area contributed by atoms with Crippen LogP contribution >= 0.6 is 0 Å². The molecule has 102 valence electrons. The molecule has 2 unspecified atom stereocenters. The SMILES string of the molecule is c1cc2c(cc1NC1CCN3CCCCC13)OCO2. The van der Waals surface area contributed by atoms with E-state index in [9.17, 15) is 0 Å². The van der Waals surface area contributed by atoms with Crippen molar-refractivity contribution in [3.05, 3.63) is 18.2 Å². The highest BCUT2D eigenvalue weighted by Crippen LogP contribution is 2.36. The highest BCUT2D eigenvalue weighted by Gasteiger charge is 2.35. The molecule has 3 aliphatic rings. The fourth-order valence-electron chi connectivity index (χ4n) is 3.62. The topological polar surface area (TPSA) is 33.7 Å². The van der Waals surface area contributed by atoms with Gasteiger partial charge in [0.15, 0.2) is 11.5 Å². The van der Waals surface area contributed by atoms with Crippen LogP contribution in [-0.2, 0) is 0 Å². The van der Waals surface area contributed by atoms with Gasteiger partial charge in [-0.3, -0.25) is 4.90 Å². The summed E-state index contributed by atoms with van der Waals surface area (Å²) in [6.45, 7) is 2.87. The molecule has 3 heterocycles. The van der Waals surface area contributed by atoms with Gasteiger partial charge in [0.1, 0.15) is 0 Å². The van der Waals surface area contributed by atoms with Crippen molar-refractivity contribution in [2.75, 3.05) is 25.2 Å². The number of piperidine rings is 1. The van der Waals surface area contributed by atoms with Gasteiger partial charge in [0.05, 0.1) is 0 Å². The minimum atomic E-state index is 0.346. The summed E-state index contributed by atoms with van der Waals surface area (Å²) in [4.78, 5) is 2.65. The molecular weight excluding hydrogens is 240 g/mol. The molecule has 0 bridgehead atoms. The van der Waals surface area contributed by atoms with Crippen LogP contribution in [0, 0.1) is 0 Å². The van der Waals surface area contributed by atoms with Crippen LogP contribution in [0.5, 0.6) is 11.5 Å². The maximum absolute atomic E-state index is 5.44. The van der Waals surface area contributed by atoms with Crippen LogP contribution in [0.1, 0.15) is 25.7 Å². The molecule has 0 saturated carbocycles. The van der Waals surface area contributed by atoms with Crippen molar-refractivity contribution >= 4 is 5.69 Å². The van der Waals surface area contributed by atoms with Crippen LogP contribution in [0.3, 0.4) is 0 Å². The maximum Gasteiger partial charge on any atom is 0.231 e. The van der Waals surface area contributed by atoms with Crippen molar-refractivity contribution in [3.63, 3.8) is 0 Å². The van der Waals surface area contributed by atoms with Crippen molar-refractivity contribution in [1.29, 1.82) is 0 Å². The Morgan fingerprint density at radius 2 is 2.00 bits per heavy atom. The number of nitrogens with one attached hydrogen (secondary N) is 1. The molecule has 1 aromatic carbocycles. The quantitative estimate of drug-likeness (QED) is 0.885. The Morgan fingerprint density at radius 1 is 1.05 bits per heavy atom. The number of hydrogen-bond acceptors (Lipinski definition) is 4. The summed E-state index contributed by atoms with van der Waals surface area (Å²) in [6.07, 6.45) is 5.33. The summed E-state index contributed by atoms with van der Waals surface area (Å²) in [5.41, 5.74) is 1.15. The van der Waals surface area contributed by atoms with Crippen molar-refractivity contribution in [3.8, 4) is 11.5 Å². The predicted octanol–water partition coefficient (Wildman–Crippen LogP) is 2.45. The molecule has 0 aromatic heterocycles. The van der Waals surface area contributed by atoms with E-state index in [1.54, 1.807) is 0 Å². The van der Waals surface area contributed by atoms with Gasteiger partial charge in [0.2, 0.25) is 6.79 Å². The van der Waals surface area contributed by atoms with Crippen molar-refractivity contribution < 1.29 is 9.47 Å². The zero-order valence-electron chi connectivity index (χ0n) is 11.1. The van der Waals surface area contributed by atoms with Gasteiger partial charge in [-0.05, 0) is 37.9 Å². The van der Waals surface area contributed by atoms with Crippen LogP contribution in [0.15, 0.2) is 18.2 Å². The van der Waals surface area contributed by atoms with Crippen LogP contribution < -0.4 is 14.8 Å². The number of rotatable bonds is 2. The van der Waals surface area contributed by atoms with Crippen molar-refractivity contribution in [2.45, 2.75) is 37.8 Å². The van der Waals surface area contributed by atoms with Gasteiger partial charge in [0, 0.05) is 30.4 Å². The average molecular weight is 260 g/mol. The van der Waals surface area contributed by atoms with E-state index in [1.807, 2.05) is 6.07 Å². The van der Waals surface area contributed by atoms with Gasteiger partial charge < -0.3 is 14.8 Å². The lowest BCUT2D eigenvalue weighted by Crippen LogP contribution is -2.41. The summed E-state index contributed by atoms with van der Waals surface area (Å²) in [5, 5.41) is 3.69. The minimum absolute atomic E-state index is 0.346. The molecule has 2 atom stereocenters. The Morgan fingerprint density at radius 3 is 3.00 bits per heavy atom. The van der Waals surface area contributed by atoms with Gasteiger partial charge in [-0.1, -0.05) is 6.42 Å². The first-order valence-electron chi connectivity index (χ1n) is 7.30. The third kappa shape index (κ3) is 2.04. The molecule has 2 fully saturated rings. The zero-order chi connectivity index (χ0) is 12.7. The first-order valence-corrected chi connectivity index (χ1v) is 7.30. The molecule has 0 aliphatic carbocycles. The Kier molecular flexibility index (Phi) is 2.76. The highest BCUT2D eigenvalue weighted by molar-refractivity contribution is 5.56. The summed E-state index contributed by atoms with van der Waals surface area (Å²) in [6, 6.07) is 7.46. The number of fused-ring (bicyclic) bond motifs is 2. The van der Waals surface area contributed by atoms with E-state index < -0.39 is 0 Å². The fourth-order valence-corrected chi connectivity index (χ4v) is 3.62. The highest BCUT2D eigenvalue weighted by atomic mass is 16.7. The van der Waals surface area contributed by atoms with Crippen molar-refractivity contribution in [1.82, 2.24) is 4.90 Å². The van der Waals surface area contributed by atoms with E-state index in [2.05, 4.69) is 22.3 Å². The third-order valence-electron chi connectivity index (χ3n) is 4.58. The molecule has 4 heteroatoms. The van der Waals surface area contributed by atoms with E-state index in [-0.39, 0.29) is 0 Å². The van der Waals surface area contributed by atoms with Gasteiger partial charge in [0.25, 0.3) is 0 Å². The average Bonchev–Trinajstić information content (AvgIpc) is 3.06. The first-order chi connectivity index (χ1) is 9.40. The number of anilines is 1. The smallest absolute Gasteiger partial charge is 0.231 e. The molecule has 0 spiro atoms. The van der Waals surface area contributed by atoms with E-state index in [4.69, 9.17) is 9.47 Å². The summed E-state index contributed by atoms with van der Waals surface area (Å²) < 4.78 is 10.8.